The molecule has 0 N–H and O–H groups in total. The van der Waals surface area contributed by atoms with Crippen LogP contribution in [0.15, 0.2) is 23.3 Å². The van der Waals surface area contributed by atoms with Gasteiger partial charge in [-0.1, -0.05) is 22.8 Å². The van der Waals surface area contributed by atoms with E-state index in [2.05, 4.69) is 22.4 Å². The smallest absolute Gasteiger partial charge is 0.0408 e. The number of benzene rings is 1. The number of rotatable bonds is 1. The van der Waals surface area contributed by atoms with Gasteiger partial charge < -0.3 is 0 Å². The Labute approximate surface area is 88.3 Å². The quantitative estimate of drug-likeness (QED) is 0.286. The molecule has 0 fully saturated rings. The third kappa shape index (κ3) is 4.42. The van der Waals surface area contributed by atoms with E-state index in [-0.39, 0.29) is 0 Å². The van der Waals surface area contributed by atoms with Crippen molar-refractivity contribution in [2.24, 2.45) is 5.11 Å². The average Bonchev–Trinajstić information content (AvgIpc) is 2.11. The normalized spacial score (nSPS) is 7.57. The fraction of sp³-hybridized carbons (Fsp3) is 0.200. The average molecular weight is 208 g/mol. The van der Waals surface area contributed by atoms with Crippen LogP contribution in [0.1, 0.15) is 12.5 Å². The van der Waals surface area contributed by atoms with E-state index >= 15 is 0 Å². The number of azide groups is 1. The zero-order valence-electron chi connectivity index (χ0n) is 8.03. The van der Waals surface area contributed by atoms with Crippen molar-refractivity contribution in [2.75, 3.05) is 0 Å². The number of hydrogen-bond donors (Lipinski definition) is 0. The maximum absolute atomic E-state index is 8.14. The van der Waals surface area contributed by atoms with Crippen LogP contribution < -0.4 is 0 Å². The van der Waals surface area contributed by atoms with Crippen LogP contribution >= 0.6 is 11.6 Å². The first-order chi connectivity index (χ1) is 6.65. The first-order valence-electron chi connectivity index (χ1n) is 3.84. The lowest BCUT2D eigenvalue weighted by Crippen LogP contribution is -1.71. The Morgan fingerprint density at radius 2 is 2.14 bits per heavy atom. The molecule has 0 saturated heterocycles. The molecular weight excluding hydrogens is 198 g/mol. The van der Waals surface area contributed by atoms with Crippen LogP contribution in [0, 0.1) is 19.3 Å². The van der Waals surface area contributed by atoms with E-state index in [0.717, 1.165) is 5.56 Å². The first kappa shape index (κ1) is 12.4. The molecule has 14 heavy (non-hydrogen) atoms. The van der Waals surface area contributed by atoms with Crippen molar-refractivity contribution in [1.29, 1.82) is 0 Å². The van der Waals surface area contributed by atoms with Crippen molar-refractivity contribution < 1.29 is 0 Å². The lowest BCUT2D eigenvalue weighted by molar-refractivity contribution is 1.38. The van der Waals surface area contributed by atoms with E-state index in [1.165, 1.54) is 0 Å². The van der Waals surface area contributed by atoms with Crippen LogP contribution in [0.2, 0.25) is 5.02 Å². The molecular formula is C10H10ClN3. The minimum Gasteiger partial charge on any atom is -0.120 e. The lowest BCUT2D eigenvalue weighted by Gasteiger charge is -1.97. The van der Waals surface area contributed by atoms with E-state index in [0.29, 0.717) is 10.7 Å². The topological polar surface area (TPSA) is 48.8 Å². The summed E-state index contributed by atoms with van der Waals surface area (Å²) in [5.74, 6) is 2.25. The van der Waals surface area contributed by atoms with Crippen molar-refractivity contribution >= 4 is 17.3 Å². The molecule has 0 saturated carbocycles. The highest BCUT2D eigenvalue weighted by atomic mass is 35.5. The maximum Gasteiger partial charge on any atom is 0.0408 e. The number of nitrogens with zero attached hydrogens (tertiary/aromatic N) is 3. The molecule has 0 aliphatic carbocycles. The molecule has 0 heterocycles. The second-order valence-corrected chi connectivity index (χ2v) is 2.85. The van der Waals surface area contributed by atoms with Gasteiger partial charge in [0.2, 0.25) is 0 Å². The van der Waals surface area contributed by atoms with E-state index < -0.39 is 0 Å². The van der Waals surface area contributed by atoms with Crippen LogP contribution in [0.25, 0.3) is 10.4 Å². The van der Waals surface area contributed by atoms with E-state index in [4.69, 9.17) is 17.1 Å². The number of aryl methyl sites for hydroxylation is 1. The predicted octanol–water partition coefficient (Wildman–Crippen LogP) is 4.23. The Balaban J connectivity index is 0.000000500. The SMILES string of the molecule is C#CC.Cc1cc(Cl)ccc1N=[N+]=[N-]. The van der Waals surface area contributed by atoms with Crippen molar-refractivity contribution in [3.8, 4) is 12.3 Å². The monoisotopic (exact) mass is 207 g/mol. The Morgan fingerprint density at radius 1 is 1.57 bits per heavy atom. The van der Waals surface area contributed by atoms with Gasteiger partial charge in [0.05, 0.1) is 0 Å². The molecule has 4 heteroatoms. The number of halogens is 1. The van der Waals surface area contributed by atoms with E-state index in [1.54, 1.807) is 25.1 Å². The van der Waals surface area contributed by atoms with Gasteiger partial charge in [0.15, 0.2) is 0 Å². The van der Waals surface area contributed by atoms with Crippen molar-refractivity contribution in [2.45, 2.75) is 13.8 Å². The van der Waals surface area contributed by atoms with Gasteiger partial charge in [-0.3, -0.25) is 0 Å². The third-order valence-corrected chi connectivity index (χ3v) is 1.55. The standard InChI is InChI=1S/C7H6ClN3.C3H4/c1-5-4-6(8)2-3-7(5)10-11-9;1-3-2/h2-4H,1H3;1H,2H3. The zero-order chi connectivity index (χ0) is 11.0. The van der Waals surface area contributed by atoms with E-state index in [9.17, 15) is 0 Å². The van der Waals surface area contributed by atoms with Gasteiger partial charge in [0.1, 0.15) is 0 Å². The number of hydrogen-bond acceptors (Lipinski definition) is 1. The third-order valence-electron chi connectivity index (χ3n) is 1.31. The molecule has 0 atom stereocenters. The molecule has 1 aromatic rings. The fourth-order valence-corrected chi connectivity index (χ4v) is 1.01. The molecule has 0 bridgehead atoms. The zero-order valence-corrected chi connectivity index (χ0v) is 8.78. The molecule has 1 aromatic carbocycles. The summed E-state index contributed by atoms with van der Waals surface area (Å²) in [5.41, 5.74) is 9.65. The highest BCUT2D eigenvalue weighted by molar-refractivity contribution is 6.30. The second-order valence-electron chi connectivity index (χ2n) is 2.41. The first-order valence-corrected chi connectivity index (χ1v) is 4.22. The molecule has 0 radical (unpaired) electrons. The van der Waals surface area contributed by atoms with Crippen LogP contribution in [-0.4, -0.2) is 0 Å². The Morgan fingerprint density at radius 3 is 2.57 bits per heavy atom. The highest BCUT2D eigenvalue weighted by Crippen LogP contribution is 2.21. The molecule has 0 aromatic heterocycles. The molecule has 0 spiro atoms. The molecule has 0 unspecified atom stereocenters. The summed E-state index contributed by atoms with van der Waals surface area (Å²) < 4.78 is 0. The molecule has 1 rings (SSSR count). The summed E-state index contributed by atoms with van der Waals surface area (Å²) in [5, 5.41) is 4.12. The van der Waals surface area contributed by atoms with Gasteiger partial charge in [0, 0.05) is 15.6 Å². The van der Waals surface area contributed by atoms with Gasteiger partial charge in [-0.25, -0.2) is 0 Å². The largest absolute Gasteiger partial charge is 0.120 e. The van der Waals surface area contributed by atoms with Gasteiger partial charge in [-0.2, -0.15) is 0 Å². The molecule has 72 valence electrons. The van der Waals surface area contributed by atoms with Gasteiger partial charge in [-0.05, 0) is 37.1 Å². The Bertz CT molecular complexity index is 387. The van der Waals surface area contributed by atoms with Crippen molar-refractivity contribution in [3.63, 3.8) is 0 Å². The van der Waals surface area contributed by atoms with Gasteiger partial charge in [0.25, 0.3) is 0 Å². The van der Waals surface area contributed by atoms with E-state index in [1.807, 2.05) is 6.92 Å². The maximum atomic E-state index is 8.14. The molecule has 3 nitrogen and oxygen atoms in total. The van der Waals surface area contributed by atoms with Crippen LogP contribution in [0.4, 0.5) is 5.69 Å². The summed E-state index contributed by atoms with van der Waals surface area (Å²) in [6, 6.07) is 5.14. The molecule has 0 aliphatic heterocycles. The summed E-state index contributed by atoms with van der Waals surface area (Å²) in [6.07, 6.45) is 4.60. The van der Waals surface area contributed by atoms with Gasteiger partial charge in [-0.15, -0.1) is 12.3 Å². The predicted molar refractivity (Wildman–Crippen MR) is 59.5 cm³/mol. The summed E-state index contributed by atoms with van der Waals surface area (Å²) in [7, 11) is 0. The minimum atomic E-state index is 0.622. The Kier molecular flexibility index (Phi) is 6.06. The minimum absolute atomic E-state index is 0.622. The summed E-state index contributed by atoms with van der Waals surface area (Å²) in [6.45, 7) is 3.50. The highest BCUT2D eigenvalue weighted by Gasteiger charge is 1.94. The fourth-order valence-electron chi connectivity index (χ4n) is 0.779. The lowest BCUT2D eigenvalue weighted by atomic mass is 10.2. The van der Waals surface area contributed by atoms with Crippen LogP contribution in [-0.2, 0) is 0 Å². The van der Waals surface area contributed by atoms with Crippen LogP contribution in [0.3, 0.4) is 0 Å². The van der Waals surface area contributed by atoms with Gasteiger partial charge >= 0.3 is 0 Å². The summed E-state index contributed by atoms with van der Waals surface area (Å²) >= 11 is 5.68. The number of terminal acetylenes is 1. The molecule has 0 amide bonds. The van der Waals surface area contributed by atoms with Crippen molar-refractivity contribution in [1.82, 2.24) is 0 Å². The Hall–Kier alpha value is -1.62. The molecule has 0 aliphatic rings. The second kappa shape index (κ2) is 6.85. The van der Waals surface area contributed by atoms with Crippen LogP contribution in [0.5, 0.6) is 0 Å². The van der Waals surface area contributed by atoms with Crippen molar-refractivity contribution in [3.05, 3.63) is 39.2 Å². The summed E-state index contributed by atoms with van der Waals surface area (Å²) in [4.78, 5) is 2.68.